The number of carbonyl (C=O) groups is 1. The van der Waals surface area contributed by atoms with Crippen molar-refractivity contribution in [3.05, 3.63) is 23.5 Å². The number of nitrogens with one attached hydrogen (secondary N) is 2. The lowest BCUT2D eigenvalue weighted by Crippen LogP contribution is -2.37. The van der Waals surface area contributed by atoms with Crippen LogP contribution in [0.5, 0.6) is 0 Å². The van der Waals surface area contributed by atoms with Crippen molar-refractivity contribution in [2.75, 3.05) is 13.6 Å². The quantitative estimate of drug-likeness (QED) is 0.884. The van der Waals surface area contributed by atoms with E-state index in [1.165, 1.54) is 6.20 Å². The Labute approximate surface area is 130 Å². The molecule has 0 aliphatic rings. The monoisotopic (exact) mass is 312 g/mol. The summed E-state index contributed by atoms with van der Waals surface area (Å²) in [5, 5.41) is 10.7. The molecule has 0 fully saturated rings. The standard InChI is InChI=1S/C14H20N4O2.ClH/c1-8(2)12-11-5-10(7-17-14(11)20-18-12)13(19)16-6-9(3)15-4;/h5,7-9,15H,6H2,1-4H3,(H,16,19);1H. The second-order valence-electron chi connectivity index (χ2n) is 5.20. The molecular formula is C14H21ClN4O2. The first-order valence-electron chi connectivity index (χ1n) is 6.73. The minimum atomic E-state index is -0.141. The number of pyridine rings is 1. The number of aromatic nitrogens is 2. The van der Waals surface area contributed by atoms with Gasteiger partial charge in [-0.25, -0.2) is 4.98 Å². The van der Waals surface area contributed by atoms with Gasteiger partial charge in [0.25, 0.3) is 11.6 Å². The summed E-state index contributed by atoms with van der Waals surface area (Å²) >= 11 is 0. The van der Waals surface area contributed by atoms with Crippen LogP contribution >= 0.6 is 12.4 Å². The van der Waals surface area contributed by atoms with Crippen LogP contribution in [0.15, 0.2) is 16.8 Å². The van der Waals surface area contributed by atoms with Crippen LogP contribution in [-0.4, -0.2) is 35.7 Å². The lowest BCUT2D eigenvalue weighted by atomic mass is 10.1. The zero-order chi connectivity index (χ0) is 14.7. The maximum Gasteiger partial charge on any atom is 0.257 e. The number of rotatable bonds is 5. The van der Waals surface area contributed by atoms with Crippen molar-refractivity contribution in [3.63, 3.8) is 0 Å². The number of carbonyl (C=O) groups excluding carboxylic acids is 1. The fourth-order valence-corrected chi connectivity index (χ4v) is 1.84. The number of likely N-dealkylation sites (N-methyl/N-ethyl adjacent to an activating group) is 1. The van der Waals surface area contributed by atoms with E-state index in [-0.39, 0.29) is 30.3 Å². The van der Waals surface area contributed by atoms with Gasteiger partial charge in [0.1, 0.15) is 0 Å². The largest absolute Gasteiger partial charge is 0.350 e. The molecule has 0 bridgehead atoms. The van der Waals surface area contributed by atoms with E-state index >= 15 is 0 Å². The van der Waals surface area contributed by atoms with Gasteiger partial charge in [0, 0.05) is 18.8 Å². The molecule has 0 aliphatic heterocycles. The van der Waals surface area contributed by atoms with Gasteiger partial charge in [-0.1, -0.05) is 19.0 Å². The fourth-order valence-electron chi connectivity index (χ4n) is 1.84. The first-order valence-corrected chi connectivity index (χ1v) is 6.73. The van der Waals surface area contributed by atoms with Crippen LogP contribution < -0.4 is 10.6 Å². The van der Waals surface area contributed by atoms with Crippen molar-refractivity contribution >= 4 is 29.4 Å². The maximum atomic E-state index is 12.1. The molecule has 2 aromatic heterocycles. The average Bonchev–Trinajstić information content (AvgIpc) is 2.87. The Morgan fingerprint density at radius 1 is 1.38 bits per heavy atom. The number of halogens is 1. The van der Waals surface area contributed by atoms with Crippen LogP contribution in [0.3, 0.4) is 0 Å². The van der Waals surface area contributed by atoms with E-state index in [1.54, 1.807) is 6.07 Å². The Kier molecular flexibility index (Phi) is 6.11. The minimum Gasteiger partial charge on any atom is -0.350 e. The van der Waals surface area contributed by atoms with Gasteiger partial charge in [-0.3, -0.25) is 4.79 Å². The van der Waals surface area contributed by atoms with Gasteiger partial charge >= 0.3 is 0 Å². The van der Waals surface area contributed by atoms with Crippen LogP contribution in [0.1, 0.15) is 42.7 Å². The van der Waals surface area contributed by atoms with Crippen molar-refractivity contribution in [3.8, 4) is 0 Å². The summed E-state index contributed by atoms with van der Waals surface area (Å²) in [5.74, 6) is 0.0816. The molecule has 116 valence electrons. The van der Waals surface area contributed by atoms with Gasteiger partial charge in [0.2, 0.25) is 0 Å². The van der Waals surface area contributed by atoms with Crippen LogP contribution in [0, 0.1) is 0 Å². The molecule has 0 spiro atoms. The Hall–Kier alpha value is -1.66. The van der Waals surface area contributed by atoms with Crippen molar-refractivity contribution in [1.29, 1.82) is 0 Å². The first kappa shape index (κ1) is 17.4. The number of nitrogens with zero attached hydrogens (tertiary/aromatic N) is 2. The smallest absolute Gasteiger partial charge is 0.257 e. The SMILES string of the molecule is CNC(C)CNC(=O)c1cnc2onc(C(C)C)c2c1.Cl. The molecule has 1 atom stereocenters. The summed E-state index contributed by atoms with van der Waals surface area (Å²) in [6.45, 7) is 6.61. The van der Waals surface area contributed by atoms with Crippen LogP contribution in [0.2, 0.25) is 0 Å². The van der Waals surface area contributed by atoms with E-state index in [2.05, 4.69) is 20.8 Å². The Bertz CT molecular complexity index is 612. The molecule has 2 rings (SSSR count). The molecule has 2 N–H and O–H groups in total. The molecule has 0 saturated carbocycles. The third-order valence-corrected chi connectivity index (χ3v) is 3.23. The molecule has 7 heteroatoms. The number of fused-ring (bicyclic) bond motifs is 1. The molecule has 0 radical (unpaired) electrons. The highest BCUT2D eigenvalue weighted by molar-refractivity contribution is 5.97. The zero-order valence-electron chi connectivity index (χ0n) is 12.6. The van der Waals surface area contributed by atoms with Gasteiger partial charge in [0.15, 0.2) is 0 Å². The first-order chi connectivity index (χ1) is 9.52. The van der Waals surface area contributed by atoms with Crippen LogP contribution in [0.25, 0.3) is 11.1 Å². The Morgan fingerprint density at radius 2 is 2.10 bits per heavy atom. The second kappa shape index (κ2) is 7.38. The highest BCUT2D eigenvalue weighted by Gasteiger charge is 2.15. The van der Waals surface area contributed by atoms with E-state index in [0.717, 1.165) is 11.1 Å². The predicted molar refractivity (Wildman–Crippen MR) is 84.0 cm³/mol. The van der Waals surface area contributed by atoms with E-state index in [1.807, 2.05) is 27.8 Å². The van der Waals surface area contributed by atoms with Crippen molar-refractivity contribution in [2.24, 2.45) is 0 Å². The van der Waals surface area contributed by atoms with Gasteiger partial charge in [0.05, 0.1) is 16.6 Å². The highest BCUT2D eigenvalue weighted by atomic mass is 35.5. The van der Waals surface area contributed by atoms with Crippen LogP contribution in [0.4, 0.5) is 0 Å². The molecular weight excluding hydrogens is 292 g/mol. The Balaban J connectivity index is 0.00000220. The molecule has 0 aliphatic carbocycles. The lowest BCUT2D eigenvalue weighted by Gasteiger charge is -2.11. The van der Waals surface area contributed by atoms with Gasteiger partial charge in [-0.2, -0.15) is 0 Å². The summed E-state index contributed by atoms with van der Waals surface area (Å²) in [6.07, 6.45) is 1.51. The molecule has 2 aromatic rings. The van der Waals surface area contributed by atoms with E-state index < -0.39 is 0 Å². The summed E-state index contributed by atoms with van der Waals surface area (Å²) in [7, 11) is 1.86. The van der Waals surface area contributed by atoms with Gasteiger partial charge in [-0.05, 0) is 26.0 Å². The second-order valence-corrected chi connectivity index (χ2v) is 5.20. The summed E-state index contributed by atoms with van der Waals surface area (Å²) in [5.41, 5.74) is 1.81. The Morgan fingerprint density at radius 3 is 2.71 bits per heavy atom. The lowest BCUT2D eigenvalue weighted by molar-refractivity contribution is 0.0950. The number of hydrogen-bond acceptors (Lipinski definition) is 5. The molecule has 6 nitrogen and oxygen atoms in total. The third kappa shape index (κ3) is 3.92. The zero-order valence-corrected chi connectivity index (χ0v) is 13.5. The average molecular weight is 313 g/mol. The maximum absolute atomic E-state index is 12.1. The summed E-state index contributed by atoms with van der Waals surface area (Å²) in [6, 6.07) is 2.01. The third-order valence-electron chi connectivity index (χ3n) is 3.23. The molecule has 0 aromatic carbocycles. The number of amides is 1. The highest BCUT2D eigenvalue weighted by Crippen LogP contribution is 2.23. The minimum absolute atomic E-state index is 0. The van der Waals surface area contributed by atoms with Crippen molar-refractivity contribution < 1.29 is 9.32 Å². The fraction of sp³-hybridized carbons (Fsp3) is 0.500. The topological polar surface area (TPSA) is 80.0 Å². The van der Waals surface area contributed by atoms with Crippen molar-refractivity contribution in [1.82, 2.24) is 20.8 Å². The summed E-state index contributed by atoms with van der Waals surface area (Å²) in [4.78, 5) is 16.2. The number of hydrogen-bond donors (Lipinski definition) is 2. The van der Waals surface area contributed by atoms with E-state index in [4.69, 9.17) is 4.52 Å². The predicted octanol–water partition coefficient (Wildman–Crippen LogP) is 2.11. The van der Waals surface area contributed by atoms with Crippen LogP contribution in [-0.2, 0) is 0 Å². The molecule has 2 heterocycles. The molecule has 1 amide bonds. The molecule has 21 heavy (non-hydrogen) atoms. The van der Waals surface area contributed by atoms with E-state index in [0.29, 0.717) is 17.8 Å². The van der Waals surface area contributed by atoms with E-state index in [9.17, 15) is 4.79 Å². The molecule has 0 saturated heterocycles. The normalized spacial score (nSPS) is 12.2. The van der Waals surface area contributed by atoms with Gasteiger partial charge < -0.3 is 15.2 Å². The molecule has 1 unspecified atom stereocenters. The summed E-state index contributed by atoms with van der Waals surface area (Å²) < 4.78 is 5.16. The van der Waals surface area contributed by atoms with Gasteiger partial charge in [-0.15, -0.1) is 12.4 Å². The van der Waals surface area contributed by atoms with Crippen molar-refractivity contribution in [2.45, 2.75) is 32.7 Å².